The molecule has 1 N–H and O–H groups in total. The van der Waals surface area contributed by atoms with Crippen LogP contribution in [0.1, 0.15) is 11.1 Å². The fraction of sp³-hybridized carbons (Fsp3) is 0.0667. The number of rotatable bonds is 2. The van der Waals surface area contributed by atoms with E-state index >= 15 is 0 Å². The average Bonchev–Trinajstić information content (AvgIpc) is 2.74. The maximum atomic E-state index is 3.49. The number of hydrogen-bond donors (Lipinski definition) is 1. The number of benzene rings is 2. The molecule has 0 amide bonds. The Balaban J connectivity index is 1.97. The number of H-pyrrole nitrogens is 1. The Kier molecular flexibility index (Phi) is 3.27. The van der Waals surface area contributed by atoms with Gasteiger partial charge in [-0.25, -0.2) is 0 Å². The van der Waals surface area contributed by atoms with Gasteiger partial charge in [0.05, 0.1) is 0 Å². The van der Waals surface area contributed by atoms with Gasteiger partial charge in [0.25, 0.3) is 0 Å². The van der Waals surface area contributed by atoms with Crippen LogP contribution >= 0.6 is 31.9 Å². The lowest BCUT2D eigenvalue weighted by Crippen LogP contribution is -1.85. The zero-order valence-electron chi connectivity index (χ0n) is 9.58. The minimum absolute atomic E-state index is 0.953. The van der Waals surface area contributed by atoms with E-state index in [1.54, 1.807) is 0 Å². The SMILES string of the molecule is Brc1ccc(Cc2c[nH]c3cc(Br)ccc23)cc1. The second-order valence-electron chi connectivity index (χ2n) is 4.31. The van der Waals surface area contributed by atoms with Gasteiger partial charge in [-0.2, -0.15) is 0 Å². The summed E-state index contributed by atoms with van der Waals surface area (Å²) in [4.78, 5) is 3.32. The van der Waals surface area contributed by atoms with E-state index in [9.17, 15) is 0 Å². The van der Waals surface area contributed by atoms with E-state index in [-0.39, 0.29) is 0 Å². The summed E-state index contributed by atoms with van der Waals surface area (Å²) >= 11 is 6.95. The lowest BCUT2D eigenvalue weighted by Gasteiger charge is -2.01. The molecule has 0 radical (unpaired) electrons. The number of halogens is 2. The van der Waals surface area contributed by atoms with Gasteiger partial charge in [-0.3, -0.25) is 0 Å². The summed E-state index contributed by atoms with van der Waals surface area (Å²) in [6.07, 6.45) is 3.05. The molecule has 0 spiro atoms. The molecule has 0 fully saturated rings. The predicted octanol–water partition coefficient (Wildman–Crippen LogP) is 5.28. The van der Waals surface area contributed by atoms with Crippen molar-refractivity contribution in [1.29, 1.82) is 0 Å². The van der Waals surface area contributed by atoms with Gasteiger partial charge in [0, 0.05) is 26.0 Å². The molecule has 1 aromatic heterocycles. The van der Waals surface area contributed by atoms with E-state index in [0.29, 0.717) is 0 Å². The largest absolute Gasteiger partial charge is 0.361 e. The van der Waals surface area contributed by atoms with Crippen molar-refractivity contribution in [2.45, 2.75) is 6.42 Å². The van der Waals surface area contributed by atoms with Crippen LogP contribution in [0.25, 0.3) is 10.9 Å². The van der Waals surface area contributed by atoms with Crippen LogP contribution in [-0.2, 0) is 6.42 Å². The summed E-state index contributed by atoms with van der Waals surface area (Å²) in [5, 5.41) is 1.29. The minimum atomic E-state index is 0.953. The molecular formula is C15H11Br2N. The first kappa shape index (κ1) is 12.0. The Bertz CT molecular complexity index is 683. The topological polar surface area (TPSA) is 15.8 Å². The van der Waals surface area contributed by atoms with Crippen molar-refractivity contribution in [3.8, 4) is 0 Å². The van der Waals surface area contributed by atoms with Crippen LogP contribution < -0.4 is 0 Å². The van der Waals surface area contributed by atoms with Crippen molar-refractivity contribution in [2.24, 2.45) is 0 Å². The van der Waals surface area contributed by atoms with Crippen LogP contribution in [0.3, 0.4) is 0 Å². The van der Waals surface area contributed by atoms with Gasteiger partial charge in [0.1, 0.15) is 0 Å². The third-order valence-electron chi connectivity index (χ3n) is 3.04. The van der Waals surface area contributed by atoms with Crippen LogP contribution in [-0.4, -0.2) is 4.98 Å². The van der Waals surface area contributed by atoms with Crippen molar-refractivity contribution in [3.05, 3.63) is 68.7 Å². The van der Waals surface area contributed by atoms with Crippen LogP contribution in [0.2, 0.25) is 0 Å². The summed E-state index contributed by atoms with van der Waals surface area (Å²) in [5.74, 6) is 0. The molecule has 0 unspecified atom stereocenters. The van der Waals surface area contributed by atoms with E-state index < -0.39 is 0 Å². The van der Waals surface area contributed by atoms with Crippen LogP contribution in [0.5, 0.6) is 0 Å². The Morgan fingerprint density at radius 1 is 0.889 bits per heavy atom. The van der Waals surface area contributed by atoms with Gasteiger partial charge in [-0.05, 0) is 41.8 Å². The molecule has 0 aliphatic rings. The number of aromatic amines is 1. The Hall–Kier alpha value is -1.06. The molecule has 0 saturated carbocycles. The van der Waals surface area contributed by atoms with Crippen molar-refractivity contribution in [2.75, 3.05) is 0 Å². The molecule has 90 valence electrons. The molecule has 3 heteroatoms. The van der Waals surface area contributed by atoms with Crippen molar-refractivity contribution in [1.82, 2.24) is 4.98 Å². The highest BCUT2D eigenvalue weighted by Crippen LogP contribution is 2.24. The third-order valence-corrected chi connectivity index (χ3v) is 4.06. The Labute approximate surface area is 122 Å². The molecule has 0 saturated heterocycles. The standard InChI is InChI=1S/C15H11Br2N/c16-12-3-1-10(2-4-12)7-11-9-18-15-8-13(17)5-6-14(11)15/h1-6,8-9,18H,7H2. The maximum Gasteiger partial charge on any atom is 0.0468 e. The van der Waals surface area contributed by atoms with Crippen molar-refractivity contribution in [3.63, 3.8) is 0 Å². The molecule has 0 aliphatic heterocycles. The first-order valence-corrected chi connectivity index (χ1v) is 7.31. The molecule has 2 aromatic carbocycles. The Morgan fingerprint density at radius 2 is 1.61 bits per heavy atom. The molecule has 0 aliphatic carbocycles. The van der Waals surface area contributed by atoms with E-state index in [0.717, 1.165) is 15.4 Å². The maximum absolute atomic E-state index is 3.49. The molecular weight excluding hydrogens is 354 g/mol. The summed E-state index contributed by atoms with van der Waals surface area (Å²) in [5.41, 5.74) is 3.83. The van der Waals surface area contributed by atoms with Gasteiger partial charge in [0.2, 0.25) is 0 Å². The number of nitrogens with one attached hydrogen (secondary N) is 1. The summed E-state index contributed by atoms with van der Waals surface area (Å²) in [6, 6.07) is 14.8. The first-order chi connectivity index (χ1) is 8.72. The summed E-state index contributed by atoms with van der Waals surface area (Å²) in [6.45, 7) is 0. The molecule has 1 heterocycles. The van der Waals surface area contributed by atoms with E-state index in [4.69, 9.17) is 0 Å². The fourth-order valence-corrected chi connectivity index (χ4v) is 2.75. The van der Waals surface area contributed by atoms with Gasteiger partial charge in [-0.15, -0.1) is 0 Å². The summed E-state index contributed by atoms with van der Waals surface area (Å²) < 4.78 is 2.22. The highest BCUT2D eigenvalue weighted by atomic mass is 79.9. The van der Waals surface area contributed by atoms with E-state index in [1.165, 1.54) is 22.0 Å². The fourth-order valence-electron chi connectivity index (χ4n) is 2.13. The lowest BCUT2D eigenvalue weighted by atomic mass is 10.0. The van der Waals surface area contributed by atoms with E-state index in [1.807, 2.05) is 0 Å². The monoisotopic (exact) mass is 363 g/mol. The van der Waals surface area contributed by atoms with Crippen LogP contribution in [0.4, 0.5) is 0 Å². The lowest BCUT2D eigenvalue weighted by molar-refractivity contribution is 1.20. The van der Waals surface area contributed by atoms with Crippen LogP contribution in [0, 0.1) is 0 Å². The highest BCUT2D eigenvalue weighted by Gasteiger charge is 2.04. The number of hydrogen-bond acceptors (Lipinski definition) is 0. The second-order valence-corrected chi connectivity index (χ2v) is 6.14. The predicted molar refractivity (Wildman–Crippen MR) is 82.9 cm³/mol. The first-order valence-electron chi connectivity index (χ1n) is 5.72. The highest BCUT2D eigenvalue weighted by molar-refractivity contribution is 9.10. The van der Waals surface area contributed by atoms with Gasteiger partial charge >= 0.3 is 0 Å². The van der Waals surface area contributed by atoms with Crippen molar-refractivity contribution >= 4 is 42.8 Å². The minimum Gasteiger partial charge on any atom is -0.361 e. The number of fused-ring (bicyclic) bond motifs is 1. The normalized spacial score (nSPS) is 11.0. The quantitative estimate of drug-likeness (QED) is 0.636. The molecule has 1 nitrogen and oxygen atoms in total. The molecule has 0 atom stereocenters. The Morgan fingerprint density at radius 3 is 2.39 bits per heavy atom. The second kappa shape index (κ2) is 4.90. The summed E-state index contributed by atoms with van der Waals surface area (Å²) in [7, 11) is 0. The van der Waals surface area contributed by atoms with Crippen LogP contribution in [0.15, 0.2) is 57.6 Å². The van der Waals surface area contributed by atoms with E-state index in [2.05, 4.69) is 85.5 Å². The van der Waals surface area contributed by atoms with Gasteiger partial charge in [0.15, 0.2) is 0 Å². The smallest absolute Gasteiger partial charge is 0.0468 e. The number of aromatic nitrogens is 1. The molecule has 3 rings (SSSR count). The zero-order chi connectivity index (χ0) is 12.5. The zero-order valence-corrected chi connectivity index (χ0v) is 12.8. The average molecular weight is 365 g/mol. The third kappa shape index (κ3) is 2.38. The molecule has 3 aromatic rings. The van der Waals surface area contributed by atoms with Crippen molar-refractivity contribution < 1.29 is 0 Å². The molecule has 0 bridgehead atoms. The molecule has 18 heavy (non-hydrogen) atoms. The van der Waals surface area contributed by atoms with Gasteiger partial charge in [-0.1, -0.05) is 50.1 Å². The van der Waals surface area contributed by atoms with Gasteiger partial charge < -0.3 is 4.98 Å².